The fourth-order valence-corrected chi connectivity index (χ4v) is 2.84. The van der Waals surface area contributed by atoms with E-state index in [0.29, 0.717) is 11.6 Å². The Bertz CT molecular complexity index is 512. The largest absolute Gasteiger partial charge is 0.469 e. The Morgan fingerprint density at radius 2 is 1.94 bits per heavy atom. The summed E-state index contributed by atoms with van der Waals surface area (Å²) < 4.78 is 5.45. The lowest BCUT2D eigenvalue weighted by atomic mass is 9.84. The zero-order chi connectivity index (χ0) is 11.7. The molecule has 3 heteroatoms. The van der Waals surface area contributed by atoms with Crippen molar-refractivity contribution in [3.05, 3.63) is 29.8 Å². The van der Waals surface area contributed by atoms with E-state index in [1.54, 1.807) is 0 Å². The van der Waals surface area contributed by atoms with Gasteiger partial charge in [0.2, 0.25) is 0 Å². The first-order valence-corrected chi connectivity index (χ1v) is 6.38. The minimum Gasteiger partial charge on any atom is -0.469 e. The zero-order valence-corrected chi connectivity index (χ0v) is 9.86. The van der Waals surface area contributed by atoms with Gasteiger partial charge in [0.05, 0.1) is 5.66 Å². The molecule has 1 saturated carbocycles. The van der Waals surface area contributed by atoms with Crippen LogP contribution in [-0.4, -0.2) is 12.5 Å². The molecule has 0 spiro atoms. The highest BCUT2D eigenvalue weighted by Gasteiger charge is 2.16. The van der Waals surface area contributed by atoms with Crippen LogP contribution in [0.4, 0.5) is 0 Å². The molecule has 0 bridgehead atoms. The predicted octanol–water partition coefficient (Wildman–Crippen LogP) is 2.72. The molecule has 1 radical (unpaired) electrons. The second kappa shape index (κ2) is 4.57. The molecule has 2 nitrogen and oxygen atoms in total. The Balaban J connectivity index is 1.94. The van der Waals surface area contributed by atoms with Crippen LogP contribution in [-0.2, 0) is 0 Å². The average molecular weight is 227 g/mol. The first-order valence-electron chi connectivity index (χ1n) is 6.38. The van der Waals surface area contributed by atoms with Gasteiger partial charge in [-0.15, -0.1) is 0 Å². The summed E-state index contributed by atoms with van der Waals surface area (Å²) in [5, 5.41) is 10.0. The molecule has 0 atom stereocenters. The highest BCUT2D eigenvalue weighted by molar-refractivity contribution is 6.44. The van der Waals surface area contributed by atoms with Crippen molar-refractivity contribution < 1.29 is 9.44 Å². The molecular weight excluding hydrogens is 211 g/mol. The van der Waals surface area contributed by atoms with Crippen LogP contribution in [0.25, 0.3) is 11.0 Å². The molecule has 1 heterocycles. The fourth-order valence-electron chi connectivity index (χ4n) is 2.84. The molecule has 2 aromatic rings. The summed E-state index contributed by atoms with van der Waals surface area (Å²) in [6.07, 6.45) is 6.70. The molecule has 0 amide bonds. The maximum atomic E-state index is 8.94. The molecule has 1 aromatic heterocycles. The van der Waals surface area contributed by atoms with E-state index in [9.17, 15) is 0 Å². The van der Waals surface area contributed by atoms with Crippen LogP contribution in [0.15, 0.2) is 28.7 Å². The number of hydrogen-bond acceptors (Lipinski definition) is 2. The van der Waals surface area contributed by atoms with Crippen LogP contribution < -0.4 is 5.66 Å². The van der Waals surface area contributed by atoms with Gasteiger partial charge >= 0.3 is 7.48 Å². The highest BCUT2D eigenvalue weighted by atomic mass is 16.3. The van der Waals surface area contributed by atoms with E-state index in [4.69, 9.17) is 9.44 Å². The number of hydrogen-bond donors (Lipinski definition) is 1. The second-order valence-corrected chi connectivity index (χ2v) is 4.91. The summed E-state index contributed by atoms with van der Waals surface area (Å²) in [4.78, 5) is 0. The third-order valence-corrected chi connectivity index (χ3v) is 3.76. The second-order valence-electron chi connectivity index (χ2n) is 4.91. The van der Waals surface area contributed by atoms with E-state index < -0.39 is 0 Å². The minimum absolute atomic E-state index is 0.529. The molecule has 0 unspecified atom stereocenters. The summed E-state index contributed by atoms with van der Waals surface area (Å²) in [6, 6.07) is 8.29. The van der Waals surface area contributed by atoms with E-state index in [2.05, 4.69) is 12.1 Å². The van der Waals surface area contributed by atoms with Gasteiger partial charge in [-0.2, -0.15) is 0 Å². The summed E-state index contributed by atoms with van der Waals surface area (Å²) in [5.74, 6) is 0.713. The van der Waals surface area contributed by atoms with Gasteiger partial charge in [0, 0.05) is 5.39 Å². The van der Waals surface area contributed by atoms with Crippen LogP contribution in [0, 0.1) is 0 Å². The molecule has 1 aliphatic carbocycles. The van der Waals surface area contributed by atoms with Crippen molar-refractivity contribution in [2.24, 2.45) is 0 Å². The lowest BCUT2D eigenvalue weighted by Crippen LogP contribution is -2.08. The van der Waals surface area contributed by atoms with Gasteiger partial charge in [0.25, 0.3) is 0 Å². The molecule has 3 rings (SSSR count). The summed E-state index contributed by atoms with van der Waals surface area (Å²) in [7, 11) is 1.01. The van der Waals surface area contributed by atoms with E-state index in [-0.39, 0.29) is 0 Å². The monoisotopic (exact) mass is 227 g/mol. The van der Waals surface area contributed by atoms with E-state index in [0.717, 1.165) is 18.5 Å². The fraction of sp³-hybridized carbons (Fsp3) is 0.429. The number of furan rings is 1. The Morgan fingerprint density at radius 1 is 1.12 bits per heavy atom. The van der Waals surface area contributed by atoms with Crippen LogP contribution in [0.3, 0.4) is 0 Å². The van der Waals surface area contributed by atoms with Gasteiger partial charge < -0.3 is 9.44 Å². The smallest absolute Gasteiger partial charge is 0.373 e. The Kier molecular flexibility index (Phi) is 2.93. The van der Waals surface area contributed by atoms with E-state index in [1.165, 1.54) is 37.7 Å². The van der Waals surface area contributed by atoms with E-state index >= 15 is 0 Å². The van der Waals surface area contributed by atoms with Crippen molar-refractivity contribution in [3.63, 3.8) is 0 Å². The van der Waals surface area contributed by atoms with Crippen molar-refractivity contribution in [1.29, 1.82) is 0 Å². The van der Waals surface area contributed by atoms with Gasteiger partial charge in [-0.1, -0.05) is 25.3 Å². The molecule has 0 saturated heterocycles. The lowest BCUT2D eigenvalue weighted by Gasteiger charge is -2.21. The van der Waals surface area contributed by atoms with Crippen molar-refractivity contribution in [1.82, 2.24) is 0 Å². The number of benzene rings is 1. The van der Waals surface area contributed by atoms with Crippen LogP contribution in [0.1, 0.15) is 43.6 Å². The van der Waals surface area contributed by atoms with Crippen molar-refractivity contribution >= 4 is 24.1 Å². The molecular formula is C14H16BO2. The quantitative estimate of drug-likeness (QED) is 0.800. The SMILES string of the molecule is O[B]c1cc2cc(C3CCCCC3)ccc2o1. The minimum atomic E-state index is 0.529. The van der Waals surface area contributed by atoms with Gasteiger partial charge in [-0.25, -0.2) is 0 Å². The van der Waals surface area contributed by atoms with Gasteiger partial charge in [-0.3, -0.25) is 0 Å². The van der Waals surface area contributed by atoms with Crippen LogP contribution >= 0.6 is 0 Å². The average Bonchev–Trinajstić information content (AvgIpc) is 2.81. The standard InChI is InChI=1S/C14H16BO2/c16-15-14-9-12-8-11(6-7-13(12)17-14)10-4-2-1-3-5-10/h6-10,16H,1-5H2. The maximum absolute atomic E-state index is 8.94. The molecule has 0 aliphatic heterocycles. The first-order chi connectivity index (χ1) is 8.36. The predicted molar refractivity (Wildman–Crippen MR) is 69.6 cm³/mol. The Morgan fingerprint density at radius 3 is 2.71 bits per heavy atom. The van der Waals surface area contributed by atoms with Crippen molar-refractivity contribution in [3.8, 4) is 0 Å². The Hall–Kier alpha value is -1.22. The molecule has 87 valence electrons. The van der Waals surface area contributed by atoms with Gasteiger partial charge in [-0.05, 0) is 42.5 Å². The maximum Gasteiger partial charge on any atom is 0.373 e. The van der Waals surface area contributed by atoms with Crippen LogP contribution in [0.5, 0.6) is 0 Å². The van der Waals surface area contributed by atoms with E-state index in [1.807, 2.05) is 12.1 Å². The first kappa shape index (κ1) is 10.9. The number of fused-ring (bicyclic) bond motifs is 1. The highest BCUT2D eigenvalue weighted by Crippen LogP contribution is 2.33. The molecule has 17 heavy (non-hydrogen) atoms. The lowest BCUT2D eigenvalue weighted by molar-refractivity contribution is 0.444. The molecule has 1 N–H and O–H groups in total. The summed E-state index contributed by atoms with van der Waals surface area (Å²) in [5.41, 5.74) is 2.80. The van der Waals surface area contributed by atoms with Gasteiger partial charge in [0.1, 0.15) is 5.58 Å². The Labute approximate surface area is 102 Å². The molecule has 1 aromatic carbocycles. The number of rotatable bonds is 2. The third kappa shape index (κ3) is 2.12. The van der Waals surface area contributed by atoms with Crippen molar-refractivity contribution in [2.45, 2.75) is 38.0 Å². The summed E-state index contributed by atoms with van der Waals surface area (Å²) >= 11 is 0. The molecule has 1 aliphatic rings. The molecule has 1 fully saturated rings. The van der Waals surface area contributed by atoms with Gasteiger partial charge in [0.15, 0.2) is 0 Å². The van der Waals surface area contributed by atoms with Crippen molar-refractivity contribution in [2.75, 3.05) is 0 Å². The topological polar surface area (TPSA) is 33.4 Å². The third-order valence-electron chi connectivity index (χ3n) is 3.76. The zero-order valence-electron chi connectivity index (χ0n) is 9.86. The summed E-state index contributed by atoms with van der Waals surface area (Å²) in [6.45, 7) is 0. The normalized spacial score (nSPS) is 17.5. The van der Waals surface area contributed by atoms with Crippen LogP contribution in [0.2, 0.25) is 0 Å².